The van der Waals surface area contributed by atoms with Gasteiger partial charge in [-0.1, -0.05) is 17.7 Å². The van der Waals surface area contributed by atoms with Gasteiger partial charge in [0.15, 0.2) is 0 Å². The molecule has 0 saturated carbocycles. The van der Waals surface area contributed by atoms with Crippen LogP contribution in [0.15, 0.2) is 42.5 Å². The lowest BCUT2D eigenvalue weighted by Gasteiger charge is -2.10. The summed E-state index contributed by atoms with van der Waals surface area (Å²) in [6.07, 6.45) is 0. The molecule has 0 heterocycles. The highest BCUT2D eigenvalue weighted by atomic mass is 16.5. The van der Waals surface area contributed by atoms with Crippen LogP contribution >= 0.6 is 0 Å². The van der Waals surface area contributed by atoms with E-state index < -0.39 is 5.97 Å². The first-order chi connectivity index (χ1) is 9.60. The van der Waals surface area contributed by atoms with Crippen molar-refractivity contribution in [1.82, 2.24) is 0 Å². The Labute approximate surface area is 117 Å². The number of phenolic OH excluding ortho intramolecular Hbond substituents is 1. The van der Waals surface area contributed by atoms with Crippen molar-refractivity contribution in [2.75, 3.05) is 7.11 Å². The number of methoxy groups -OCH3 is 1. The van der Waals surface area contributed by atoms with Gasteiger partial charge < -0.3 is 14.6 Å². The van der Waals surface area contributed by atoms with Gasteiger partial charge in [-0.15, -0.1) is 0 Å². The van der Waals surface area contributed by atoms with Crippen LogP contribution in [0.5, 0.6) is 11.5 Å². The second-order valence-electron chi connectivity index (χ2n) is 4.44. The molecule has 0 bridgehead atoms. The minimum atomic E-state index is -0.482. The quantitative estimate of drug-likeness (QED) is 0.869. The summed E-state index contributed by atoms with van der Waals surface area (Å²) in [5, 5.41) is 9.34. The Morgan fingerprint density at radius 2 is 2.00 bits per heavy atom. The molecule has 0 unspecified atom stereocenters. The van der Waals surface area contributed by atoms with Crippen LogP contribution < -0.4 is 4.74 Å². The Kier molecular flexibility index (Phi) is 4.25. The van der Waals surface area contributed by atoms with Crippen LogP contribution in [-0.4, -0.2) is 18.2 Å². The number of hydrogen-bond acceptors (Lipinski definition) is 4. The molecule has 0 aliphatic heterocycles. The van der Waals surface area contributed by atoms with E-state index in [1.165, 1.54) is 12.1 Å². The Bertz CT molecular complexity index is 620. The van der Waals surface area contributed by atoms with Crippen molar-refractivity contribution >= 4 is 5.97 Å². The summed E-state index contributed by atoms with van der Waals surface area (Å²) in [5.74, 6) is 0.233. The highest BCUT2D eigenvalue weighted by Crippen LogP contribution is 2.21. The fraction of sp³-hybridized carbons (Fsp3) is 0.188. The number of phenols is 1. The normalized spacial score (nSPS) is 10.1. The molecule has 0 aromatic heterocycles. The van der Waals surface area contributed by atoms with Gasteiger partial charge in [0.2, 0.25) is 0 Å². The van der Waals surface area contributed by atoms with Gasteiger partial charge in [0, 0.05) is 5.56 Å². The molecule has 0 aliphatic carbocycles. The summed E-state index contributed by atoms with van der Waals surface area (Å²) >= 11 is 0. The van der Waals surface area contributed by atoms with Crippen LogP contribution in [0.2, 0.25) is 0 Å². The Hall–Kier alpha value is -2.49. The molecule has 0 spiro atoms. The molecule has 0 fully saturated rings. The minimum absolute atomic E-state index is 0.0348. The minimum Gasteiger partial charge on any atom is -0.508 e. The molecule has 4 heteroatoms. The van der Waals surface area contributed by atoms with Gasteiger partial charge in [0.05, 0.1) is 12.7 Å². The second kappa shape index (κ2) is 6.10. The van der Waals surface area contributed by atoms with Crippen LogP contribution in [0, 0.1) is 6.92 Å². The maximum Gasteiger partial charge on any atom is 0.338 e. The Morgan fingerprint density at radius 1 is 1.20 bits per heavy atom. The van der Waals surface area contributed by atoms with Crippen LogP contribution in [0.1, 0.15) is 21.5 Å². The third-order valence-electron chi connectivity index (χ3n) is 2.88. The molecule has 2 aromatic rings. The molecular formula is C16H16O4. The van der Waals surface area contributed by atoms with E-state index in [1.807, 2.05) is 25.1 Å². The van der Waals surface area contributed by atoms with Gasteiger partial charge in [-0.3, -0.25) is 0 Å². The van der Waals surface area contributed by atoms with E-state index in [0.29, 0.717) is 11.3 Å². The summed E-state index contributed by atoms with van der Waals surface area (Å²) in [5.41, 5.74) is 2.19. The maximum atomic E-state index is 11.9. The first-order valence-electron chi connectivity index (χ1n) is 6.20. The van der Waals surface area contributed by atoms with Crippen LogP contribution in [0.4, 0.5) is 0 Å². The van der Waals surface area contributed by atoms with Gasteiger partial charge in [-0.05, 0) is 37.3 Å². The van der Waals surface area contributed by atoms with Crippen LogP contribution in [0.3, 0.4) is 0 Å². The highest BCUT2D eigenvalue weighted by Gasteiger charge is 2.10. The van der Waals surface area contributed by atoms with E-state index in [-0.39, 0.29) is 12.4 Å². The molecule has 2 aromatic carbocycles. The maximum absolute atomic E-state index is 11.9. The lowest BCUT2D eigenvalue weighted by Crippen LogP contribution is -2.06. The number of esters is 1. The van der Waals surface area contributed by atoms with E-state index >= 15 is 0 Å². The Morgan fingerprint density at radius 3 is 2.70 bits per heavy atom. The average Bonchev–Trinajstić information content (AvgIpc) is 2.45. The van der Waals surface area contributed by atoms with Crippen molar-refractivity contribution in [1.29, 1.82) is 0 Å². The number of ether oxygens (including phenoxy) is 2. The van der Waals surface area contributed by atoms with Crippen molar-refractivity contribution in [2.24, 2.45) is 0 Å². The van der Waals surface area contributed by atoms with Gasteiger partial charge >= 0.3 is 5.97 Å². The third kappa shape index (κ3) is 3.29. The van der Waals surface area contributed by atoms with E-state index in [2.05, 4.69) is 0 Å². The van der Waals surface area contributed by atoms with Crippen molar-refractivity contribution in [3.8, 4) is 11.5 Å². The SMILES string of the molecule is COc1ccc(C)cc1COC(=O)c1cccc(O)c1. The summed E-state index contributed by atoms with van der Waals surface area (Å²) in [4.78, 5) is 11.9. The van der Waals surface area contributed by atoms with Crippen molar-refractivity contribution in [3.05, 3.63) is 59.2 Å². The molecule has 1 N–H and O–H groups in total. The van der Waals surface area contributed by atoms with Crippen LogP contribution in [0.25, 0.3) is 0 Å². The highest BCUT2D eigenvalue weighted by molar-refractivity contribution is 5.89. The molecule has 0 amide bonds. The number of hydrogen-bond donors (Lipinski definition) is 1. The molecule has 2 rings (SSSR count). The monoisotopic (exact) mass is 272 g/mol. The molecule has 0 saturated heterocycles. The molecule has 4 nitrogen and oxygen atoms in total. The zero-order chi connectivity index (χ0) is 14.5. The number of aryl methyl sites for hydroxylation is 1. The van der Waals surface area contributed by atoms with E-state index in [4.69, 9.17) is 9.47 Å². The lowest BCUT2D eigenvalue weighted by atomic mass is 10.1. The van der Waals surface area contributed by atoms with Crippen molar-refractivity contribution in [2.45, 2.75) is 13.5 Å². The summed E-state index contributed by atoms with van der Waals surface area (Å²) in [6.45, 7) is 2.08. The predicted octanol–water partition coefficient (Wildman–Crippen LogP) is 3.07. The van der Waals surface area contributed by atoms with Crippen molar-refractivity contribution < 1.29 is 19.4 Å². The third-order valence-corrected chi connectivity index (χ3v) is 2.88. The number of rotatable bonds is 4. The smallest absolute Gasteiger partial charge is 0.338 e. The first kappa shape index (κ1) is 13.9. The zero-order valence-corrected chi connectivity index (χ0v) is 11.4. The van der Waals surface area contributed by atoms with E-state index in [9.17, 15) is 9.90 Å². The second-order valence-corrected chi connectivity index (χ2v) is 4.44. The van der Waals surface area contributed by atoms with Gasteiger partial charge in [-0.25, -0.2) is 4.79 Å². The van der Waals surface area contributed by atoms with Crippen molar-refractivity contribution in [3.63, 3.8) is 0 Å². The standard InChI is InChI=1S/C16H16O4/c1-11-6-7-15(19-2)13(8-11)10-20-16(18)12-4-3-5-14(17)9-12/h3-9,17H,10H2,1-2H3. The topological polar surface area (TPSA) is 55.8 Å². The van der Waals surface area contributed by atoms with E-state index in [0.717, 1.165) is 11.1 Å². The first-order valence-corrected chi connectivity index (χ1v) is 6.20. The molecule has 104 valence electrons. The molecule has 0 aliphatic rings. The molecular weight excluding hydrogens is 256 g/mol. The van der Waals surface area contributed by atoms with E-state index in [1.54, 1.807) is 19.2 Å². The van der Waals surface area contributed by atoms with Gasteiger partial charge in [0.1, 0.15) is 18.1 Å². The zero-order valence-electron chi connectivity index (χ0n) is 11.4. The Balaban J connectivity index is 2.09. The molecule has 0 atom stereocenters. The fourth-order valence-corrected chi connectivity index (χ4v) is 1.88. The molecule has 0 radical (unpaired) electrons. The fourth-order valence-electron chi connectivity index (χ4n) is 1.88. The number of benzene rings is 2. The predicted molar refractivity (Wildman–Crippen MR) is 75.0 cm³/mol. The summed E-state index contributed by atoms with van der Waals surface area (Å²) in [7, 11) is 1.57. The van der Waals surface area contributed by atoms with Crippen LogP contribution in [-0.2, 0) is 11.3 Å². The number of aromatic hydroxyl groups is 1. The summed E-state index contributed by atoms with van der Waals surface area (Å²) in [6, 6.07) is 11.7. The number of carbonyl (C=O) groups excluding carboxylic acids is 1. The number of carbonyl (C=O) groups is 1. The average molecular weight is 272 g/mol. The summed E-state index contributed by atoms with van der Waals surface area (Å²) < 4.78 is 10.5. The lowest BCUT2D eigenvalue weighted by molar-refractivity contribution is 0.0469. The van der Waals surface area contributed by atoms with Gasteiger partial charge in [0.25, 0.3) is 0 Å². The largest absolute Gasteiger partial charge is 0.508 e. The molecule has 20 heavy (non-hydrogen) atoms. The van der Waals surface area contributed by atoms with Gasteiger partial charge in [-0.2, -0.15) is 0 Å².